The highest BCUT2D eigenvalue weighted by Gasteiger charge is 2.45. The van der Waals surface area contributed by atoms with E-state index in [2.05, 4.69) is 0 Å². The molecule has 1 aliphatic rings. The van der Waals surface area contributed by atoms with E-state index in [1.807, 2.05) is 0 Å². The fourth-order valence-corrected chi connectivity index (χ4v) is 3.43. The molecule has 0 spiro atoms. The van der Waals surface area contributed by atoms with Gasteiger partial charge in [-0.15, -0.1) is 0 Å². The number of nitro groups is 1. The number of halogens is 2. The van der Waals surface area contributed by atoms with Gasteiger partial charge in [0.1, 0.15) is 5.69 Å². The maximum atomic E-state index is 14.3. The molecule has 3 rings (SSSR count). The largest absolute Gasteiger partial charge is 0.485 e. The van der Waals surface area contributed by atoms with Crippen molar-refractivity contribution < 1.29 is 23.2 Å². The Morgan fingerprint density at radius 1 is 1.21 bits per heavy atom. The number of amides is 1. The lowest BCUT2D eigenvalue weighted by molar-refractivity contribution is -0.383. The summed E-state index contributed by atoms with van der Waals surface area (Å²) in [7, 11) is 0. The maximum Gasteiger partial charge on any atom is 0.294 e. The van der Waals surface area contributed by atoms with Gasteiger partial charge in [-0.05, 0) is 57.0 Å². The number of rotatable bonds is 5. The zero-order valence-corrected chi connectivity index (χ0v) is 16.5. The number of ether oxygens (including phenoxy) is 1. The molecule has 0 saturated heterocycles. The lowest BCUT2D eigenvalue weighted by Gasteiger charge is -2.21. The van der Waals surface area contributed by atoms with Gasteiger partial charge in [-0.1, -0.05) is 0 Å². The summed E-state index contributed by atoms with van der Waals surface area (Å²) < 4.78 is 33.8. The van der Waals surface area contributed by atoms with Crippen molar-refractivity contribution in [1.29, 1.82) is 0 Å². The van der Waals surface area contributed by atoms with E-state index < -0.39 is 33.8 Å². The molecule has 1 heterocycles. The molecule has 0 saturated carbocycles. The summed E-state index contributed by atoms with van der Waals surface area (Å²) in [6, 6.07) is 4.81. The molecule has 2 N–H and O–H groups in total. The number of anilines is 2. The van der Waals surface area contributed by atoms with E-state index >= 15 is 0 Å². The van der Waals surface area contributed by atoms with Crippen LogP contribution in [0.3, 0.4) is 0 Å². The lowest BCUT2D eigenvalue weighted by atomic mass is 9.86. The molecule has 0 aliphatic carbocycles. The molecule has 0 radical (unpaired) electrons. The van der Waals surface area contributed by atoms with Crippen LogP contribution in [-0.2, 0) is 16.8 Å². The molecule has 1 aliphatic heterocycles. The summed E-state index contributed by atoms with van der Waals surface area (Å²) in [6.45, 7) is 6.47. The topological polar surface area (TPSA) is 98.7 Å². The van der Waals surface area contributed by atoms with Crippen molar-refractivity contribution in [2.75, 3.05) is 10.6 Å². The predicted molar refractivity (Wildman–Crippen MR) is 104 cm³/mol. The van der Waals surface area contributed by atoms with E-state index in [1.165, 1.54) is 17.0 Å². The molecule has 0 fully saturated rings. The van der Waals surface area contributed by atoms with Gasteiger partial charge in [0.15, 0.2) is 17.4 Å². The van der Waals surface area contributed by atoms with E-state index in [9.17, 15) is 23.7 Å². The molecule has 29 heavy (non-hydrogen) atoms. The molecular weight excluding hydrogens is 384 g/mol. The van der Waals surface area contributed by atoms with Gasteiger partial charge in [-0.3, -0.25) is 14.9 Å². The number of nitrogens with zero attached hydrogens (tertiary/aromatic N) is 2. The van der Waals surface area contributed by atoms with Crippen molar-refractivity contribution in [3.8, 4) is 5.75 Å². The van der Waals surface area contributed by atoms with Crippen LogP contribution in [0.4, 0.5) is 25.8 Å². The molecule has 0 atom stereocenters. The Labute approximate surface area is 166 Å². The zero-order valence-electron chi connectivity index (χ0n) is 16.5. The van der Waals surface area contributed by atoms with Gasteiger partial charge >= 0.3 is 0 Å². The number of nitrogen functional groups attached to an aromatic ring is 1. The minimum atomic E-state index is -0.990. The smallest absolute Gasteiger partial charge is 0.294 e. The third-order valence-corrected chi connectivity index (χ3v) is 4.84. The standard InChI is InChI=1S/C20H21F2N3O4/c1-10(2)29-18-13(21)5-11(6-14(18)22)9-24-16-8-17(25(27)28)15(23)7-12(16)20(3,4)19(24)26/h5-8,10H,9,23H2,1-4H3. The first-order valence-electron chi connectivity index (χ1n) is 8.98. The van der Waals surface area contributed by atoms with Crippen LogP contribution in [0.1, 0.15) is 38.8 Å². The van der Waals surface area contributed by atoms with Crippen molar-refractivity contribution in [3.63, 3.8) is 0 Å². The lowest BCUT2D eigenvalue weighted by Crippen LogP contribution is -2.35. The Morgan fingerprint density at radius 3 is 2.31 bits per heavy atom. The third-order valence-electron chi connectivity index (χ3n) is 4.84. The van der Waals surface area contributed by atoms with Crippen LogP contribution in [0.5, 0.6) is 5.75 Å². The summed E-state index contributed by atoms with van der Waals surface area (Å²) in [4.78, 5) is 24.9. The van der Waals surface area contributed by atoms with Crippen molar-refractivity contribution in [2.45, 2.75) is 45.8 Å². The van der Waals surface area contributed by atoms with Crippen LogP contribution in [0, 0.1) is 21.7 Å². The van der Waals surface area contributed by atoms with Gasteiger partial charge < -0.3 is 15.4 Å². The monoisotopic (exact) mass is 405 g/mol. The number of hydrogen-bond acceptors (Lipinski definition) is 5. The van der Waals surface area contributed by atoms with Gasteiger partial charge in [-0.25, -0.2) is 8.78 Å². The first-order valence-corrected chi connectivity index (χ1v) is 8.98. The highest BCUT2D eigenvalue weighted by molar-refractivity contribution is 6.08. The molecule has 7 nitrogen and oxygen atoms in total. The van der Waals surface area contributed by atoms with Crippen molar-refractivity contribution >= 4 is 23.0 Å². The van der Waals surface area contributed by atoms with E-state index in [0.717, 1.165) is 12.1 Å². The summed E-state index contributed by atoms with van der Waals surface area (Å²) in [5.74, 6) is -2.61. The second kappa shape index (κ2) is 6.98. The molecule has 0 bridgehead atoms. The third kappa shape index (κ3) is 3.48. The van der Waals surface area contributed by atoms with Crippen LogP contribution in [-0.4, -0.2) is 16.9 Å². The molecule has 9 heteroatoms. The second-order valence-electron chi connectivity index (χ2n) is 7.76. The molecule has 0 aromatic heterocycles. The molecule has 154 valence electrons. The number of benzene rings is 2. The van der Waals surface area contributed by atoms with Crippen LogP contribution in [0.2, 0.25) is 0 Å². The Bertz CT molecular complexity index is 998. The average Bonchev–Trinajstić information content (AvgIpc) is 2.78. The van der Waals surface area contributed by atoms with E-state index in [-0.39, 0.29) is 29.4 Å². The molecule has 0 unspecified atom stereocenters. The average molecular weight is 405 g/mol. The van der Waals surface area contributed by atoms with Crippen LogP contribution >= 0.6 is 0 Å². The Balaban J connectivity index is 2.04. The van der Waals surface area contributed by atoms with Crippen LogP contribution in [0.25, 0.3) is 0 Å². The Morgan fingerprint density at radius 2 is 1.79 bits per heavy atom. The van der Waals surface area contributed by atoms with Crippen molar-refractivity contribution in [3.05, 3.63) is 57.1 Å². The van der Waals surface area contributed by atoms with Gasteiger partial charge in [0.2, 0.25) is 5.91 Å². The van der Waals surface area contributed by atoms with Crippen LogP contribution in [0.15, 0.2) is 24.3 Å². The number of nitro benzene ring substituents is 1. The minimum absolute atomic E-state index is 0.0521. The number of nitrogens with two attached hydrogens (primary N) is 1. The van der Waals surface area contributed by atoms with E-state index in [4.69, 9.17) is 10.5 Å². The Hall–Kier alpha value is -3.23. The normalized spacial score (nSPS) is 15.0. The fraction of sp³-hybridized carbons (Fsp3) is 0.350. The summed E-state index contributed by atoms with van der Waals surface area (Å²) in [5.41, 5.74) is 5.40. The molecule has 2 aromatic carbocycles. The fourth-order valence-electron chi connectivity index (χ4n) is 3.43. The zero-order chi connectivity index (χ0) is 21.7. The first-order chi connectivity index (χ1) is 13.4. The van der Waals surface area contributed by atoms with Gasteiger partial charge in [0.25, 0.3) is 5.69 Å². The highest BCUT2D eigenvalue weighted by Crippen LogP contribution is 2.46. The second-order valence-corrected chi connectivity index (χ2v) is 7.76. The molecular formula is C20H21F2N3O4. The number of fused-ring (bicyclic) bond motifs is 1. The van der Waals surface area contributed by atoms with Crippen molar-refractivity contribution in [1.82, 2.24) is 0 Å². The van der Waals surface area contributed by atoms with Gasteiger partial charge in [-0.2, -0.15) is 0 Å². The maximum absolute atomic E-state index is 14.3. The van der Waals surface area contributed by atoms with Gasteiger partial charge in [0, 0.05) is 6.07 Å². The van der Waals surface area contributed by atoms with E-state index in [0.29, 0.717) is 11.3 Å². The quantitative estimate of drug-likeness (QED) is 0.459. The highest BCUT2D eigenvalue weighted by atomic mass is 19.1. The van der Waals surface area contributed by atoms with Crippen molar-refractivity contribution in [2.24, 2.45) is 0 Å². The predicted octanol–water partition coefficient (Wildman–Crippen LogP) is 4.07. The number of carbonyl (C=O) groups excluding carboxylic acids is 1. The van der Waals surface area contributed by atoms with Crippen LogP contribution < -0.4 is 15.4 Å². The van der Waals surface area contributed by atoms with E-state index in [1.54, 1.807) is 27.7 Å². The van der Waals surface area contributed by atoms with Gasteiger partial charge in [0.05, 0.1) is 28.7 Å². The minimum Gasteiger partial charge on any atom is -0.485 e. The first kappa shape index (κ1) is 20.5. The SMILES string of the molecule is CC(C)Oc1c(F)cc(CN2C(=O)C(C)(C)c3cc(N)c([N+](=O)[O-])cc32)cc1F. The number of hydrogen-bond donors (Lipinski definition) is 1. The Kier molecular flexibility index (Phi) is 4.94. The summed E-state index contributed by atoms with van der Waals surface area (Å²) in [6.07, 6.45) is -0.413. The summed E-state index contributed by atoms with van der Waals surface area (Å²) in [5, 5.41) is 11.3. The molecule has 1 amide bonds. The molecule has 2 aromatic rings. The number of carbonyl (C=O) groups is 1. The summed E-state index contributed by atoms with van der Waals surface area (Å²) >= 11 is 0.